The molecule has 0 fully saturated rings. The standard InChI is InChI=1S/C20H21NO2/c1-20(2,19(22)23)16(12-14-8-4-3-5-9-14)18-13-15-10-6-7-11-17(15)21-18/h3-9,11,13,16H,10,12H2,1-2H3,(H,22,23). The van der Waals surface area contributed by atoms with Crippen LogP contribution in [0.5, 0.6) is 0 Å². The monoisotopic (exact) mass is 307 g/mol. The van der Waals surface area contributed by atoms with E-state index in [2.05, 4.69) is 12.2 Å². The van der Waals surface area contributed by atoms with Crippen molar-refractivity contribution in [3.8, 4) is 0 Å². The van der Waals surface area contributed by atoms with Crippen LogP contribution in [-0.2, 0) is 11.2 Å². The Balaban J connectivity index is 1.97. The van der Waals surface area contributed by atoms with Crippen LogP contribution in [0.15, 0.2) is 70.9 Å². The first-order chi connectivity index (χ1) is 11.0. The predicted molar refractivity (Wildman–Crippen MR) is 92.4 cm³/mol. The van der Waals surface area contributed by atoms with E-state index in [-0.39, 0.29) is 5.92 Å². The number of hydrogen-bond acceptors (Lipinski definition) is 2. The molecule has 0 saturated heterocycles. The fourth-order valence-electron chi connectivity index (χ4n) is 3.06. The second-order valence-corrected chi connectivity index (χ2v) is 6.66. The smallest absolute Gasteiger partial charge is 0.309 e. The highest BCUT2D eigenvalue weighted by Crippen LogP contribution is 2.37. The summed E-state index contributed by atoms with van der Waals surface area (Å²) in [7, 11) is 0. The lowest BCUT2D eigenvalue weighted by molar-refractivity contribution is -0.148. The molecule has 1 atom stereocenters. The van der Waals surface area contributed by atoms with E-state index in [0.29, 0.717) is 6.42 Å². The molecule has 1 heterocycles. The molecule has 1 aliphatic carbocycles. The van der Waals surface area contributed by atoms with Crippen molar-refractivity contribution in [1.29, 1.82) is 0 Å². The second kappa shape index (κ2) is 5.99. The lowest BCUT2D eigenvalue weighted by Crippen LogP contribution is -2.38. The number of carbonyl (C=O) groups is 1. The molecule has 1 aromatic carbocycles. The highest BCUT2D eigenvalue weighted by Gasteiger charge is 2.40. The molecule has 23 heavy (non-hydrogen) atoms. The first-order valence-corrected chi connectivity index (χ1v) is 7.92. The molecule has 3 nitrogen and oxygen atoms in total. The summed E-state index contributed by atoms with van der Waals surface area (Å²) in [6.45, 7) is 3.58. The van der Waals surface area contributed by atoms with E-state index >= 15 is 0 Å². The molecular weight excluding hydrogens is 286 g/mol. The minimum absolute atomic E-state index is 0.165. The van der Waals surface area contributed by atoms with Crippen LogP contribution < -0.4 is 0 Å². The van der Waals surface area contributed by atoms with Gasteiger partial charge in [0.25, 0.3) is 0 Å². The molecule has 2 aliphatic rings. The Morgan fingerprint density at radius 3 is 2.70 bits per heavy atom. The van der Waals surface area contributed by atoms with Crippen molar-refractivity contribution in [2.75, 3.05) is 0 Å². The number of fused-ring (bicyclic) bond motifs is 1. The summed E-state index contributed by atoms with van der Waals surface area (Å²) in [6, 6.07) is 10.0. The van der Waals surface area contributed by atoms with Crippen LogP contribution in [0.3, 0.4) is 0 Å². The predicted octanol–water partition coefficient (Wildman–Crippen LogP) is 4.18. The molecule has 0 spiro atoms. The molecule has 1 aliphatic heterocycles. The lowest BCUT2D eigenvalue weighted by Gasteiger charge is -2.30. The minimum atomic E-state index is -0.882. The average molecular weight is 307 g/mol. The van der Waals surface area contributed by atoms with Crippen molar-refractivity contribution in [1.82, 2.24) is 0 Å². The largest absolute Gasteiger partial charge is 0.481 e. The van der Waals surface area contributed by atoms with Crippen LogP contribution in [0.4, 0.5) is 0 Å². The van der Waals surface area contributed by atoms with Crippen LogP contribution in [0.25, 0.3) is 0 Å². The van der Waals surface area contributed by atoms with Gasteiger partial charge in [0.2, 0.25) is 0 Å². The van der Waals surface area contributed by atoms with Crippen molar-refractivity contribution in [3.05, 3.63) is 71.5 Å². The third-order valence-corrected chi connectivity index (χ3v) is 4.69. The molecule has 1 aromatic rings. The maximum absolute atomic E-state index is 11.8. The zero-order chi connectivity index (χ0) is 16.4. The summed E-state index contributed by atoms with van der Waals surface area (Å²) in [5.41, 5.74) is 3.29. The molecule has 0 bridgehead atoms. The van der Waals surface area contributed by atoms with Crippen molar-refractivity contribution in [2.24, 2.45) is 16.3 Å². The topological polar surface area (TPSA) is 49.7 Å². The lowest BCUT2D eigenvalue weighted by atomic mass is 9.73. The quantitative estimate of drug-likeness (QED) is 0.887. The third-order valence-electron chi connectivity index (χ3n) is 4.69. The summed E-state index contributed by atoms with van der Waals surface area (Å²) in [5, 5.41) is 9.71. The minimum Gasteiger partial charge on any atom is -0.481 e. The maximum Gasteiger partial charge on any atom is 0.309 e. The van der Waals surface area contributed by atoms with E-state index in [0.717, 1.165) is 23.4 Å². The summed E-state index contributed by atoms with van der Waals surface area (Å²) < 4.78 is 0. The molecule has 0 radical (unpaired) electrons. The number of nitrogens with zero attached hydrogens (tertiary/aromatic N) is 1. The fourth-order valence-corrected chi connectivity index (χ4v) is 3.06. The van der Waals surface area contributed by atoms with E-state index < -0.39 is 11.4 Å². The molecule has 0 saturated carbocycles. The Morgan fingerprint density at radius 2 is 2.04 bits per heavy atom. The van der Waals surface area contributed by atoms with Crippen LogP contribution in [0.1, 0.15) is 25.8 Å². The van der Waals surface area contributed by atoms with Gasteiger partial charge in [-0.1, -0.05) is 42.5 Å². The number of carboxylic acids is 1. The van der Waals surface area contributed by atoms with Crippen molar-refractivity contribution in [2.45, 2.75) is 26.7 Å². The molecule has 118 valence electrons. The van der Waals surface area contributed by atoms with E-state index in [4.69, 9.17) is 4.99 Å². The number of aliphatic carboxylic acids is 1. The zero-order valence-electron chi connectivity index (χ0n) is 13.5. The van der Waals surface area contributed by atoms with Gasteiger partial charge in [-0.3, -0.25) is 9.79 Å². The normalized spacial score (nSPS) is 17.9. The Labute approximate surface area is 136 Å². The van der Waals surface area contributed by atoms with E-state index in [1.807, 2.05) is 42.5 Å². The van der Waals surface area contributed by atoms with Gasteiger partial charge in [0.1, 0.15) is 0 Å². The third kappa shape index (κ3) is 3.04. The number of aliphatic imine (C=N–C) groups is 1. The summed E-state index contributed by atoms with van der Waals surface area (Å²) in [6.07, 6.45) is 9.72. The average Bonchev–Trinajstić information content (AvgIpc) is 2.96. The second-order valence-electron chi connectivity index (χ2n) is 6.66. The van der Waals surface area contributed by atoms with Crippen molar-refractivity contribution >= 4 is 11.7 Å². The van der Waals surface area contributed by atoms with Gasteiger partial charge in [0.05, 0.1) is 11.1 Å². The van der Waals surface area contributed by atoms with Crippen LogP contribution in [-0.4, -0.2) is 16.8 Å². The van der Waals surface area contributed by atoms with Crippen molar-refractivity contribution in [3.63, 3.8) is 0 Å². The maximum atomic E-state index is 11.8. The molecule has 3 heteroatoms. The van der Waals surface area contributed by atoms with Gasteiger partial charge in [-0.25, -0.2) is 0 Å². The van der Waals surface area contributed by atoms with E-state index in [1.54, 1.807) is 13.8 Å². The highest BCUT2D eigenvalue weighted by molar-refractivity contribution is 6.04. The molecule has 0 aromatic heterocycles. The zero-order valence-corrected chi connectivity index (χ0v) is 13.5. The number of rotatable bonds is 5. The molecular formula is C20H21NO2. The SMILES string of the molecule is CC(C)(C(=O)O)C(Cc1ccccc1)C1=NC2=CC=CCC2=C1. The summed E-state index contributed by atoms with van der Waals surface area (Å²) >= 11 is 0. The first kappa shape index (κ1) is 15.5. The van der Waals surface area contributed by atoms with E-state index in [9.17, 15) is 9.90 Å². The number of carboxylic acid groups (broad SMARTS) is 1. The molecule has 3 rings (SSSR count). The highest BCUT2D eigenvalue weighted by atomic mass is 16.4. The molecule has 0 amide bonds. The van der Waals surface area contributed by atoms with E-state index in [1.165, 1.54) is 5.57 Å². The Morgan fingerprint density at radius 1 is 1.30 bits per heavy atom. The van der Waals surface area contributed by atoms with Gasteiger partial charge >= 0.3 is 5.97 Å². The fraction of sp³-hybridized carbons (Fsp3) is 0.300. The number of hydrogen-bond donors (Lipinski definition) is 1. The van der Waals surface area contributed by atoms with Crippen LogP contribution >= 0.6 is 0 Å². The van der Waals surface area contributed by atoms with Crippen LogP contribution in [0, 0.1) is 11.3 Å². The summed E-state index contributed by atoms with van der Waals surface area (Å²) in [4.78, 5) is 16.5. The van der Waals surface area contributed by atoms with Gasteiger partial charge in [-0.2, -0.15) is 0 Å². The van der Waals surface area contributed by atoms with Gasteiger partial charge in [0.15, 0.2) is 0 Å². The van der Waals surface area contributed by atoms with Crippen LogP contribution in [0.2, 0.25) is 0 Å². The van der Waals surface area contributed by atoms with Gasteiger partial charge in [0, 0.05) is 11.6 Å². The number of benzene rings is 1. The van der Waals surface area contributed by atoms with Gasteiger partial charge in [-0.15, -0.1) is 0 Å². The Kier molecular flexibility index (Phi) is 4.03. The molecule has 1 N–H and O–H groups in total. The van der Waals surface area contributed by atoms with Gasteiger partial charge < -0.3 is 5.11 Å². The number of allylic oxidation sites excluding steroid dienone is 5. The summed E-state index contributed by atoms with van der Waals surface area (Å²) in [5.74, 6) is -0.956. The first-order valence-electron chi connectivity index (χ1n) is 7.92. The van der Waals surface area contributed by atoms with Crippen molar-refractivity contribution < 1.29 is 9.90 Å². The Hall–Kier alpha value is -2.42. The molecule has 1 unspecified atom stereocenters. The Bertz CT molecular complexity index is 736. The van der Waals surface area contributed by atoms with Gasteiger partial charge in [-0.05, 0) is 50.0 Å².